The van der Waals surface area contributed by atoms with E-state index in [0.717, 1.165) is 36.8 Å². The minimum Gasteiger partial charge on any atom is -0.310 e. The lowest BCUT2D eigenvalue weighted by Gasteiger charge is -2.14. The molecule has 0 radical (unpaired) electrons. The SMILES string of the molecule is C=C/C=C(\C=C/C)C(/C=C)=C/C.CC.CC/C=C\c1c(C)c(C)c(/C=C\CC)n1-c1ccc(-c2ccc(-n3c4c(c5ccccc53)CCC=C4)cc2)cc1.CCC. The third kappa shape index (κ3) is 11.3. The van der Waals surface area contributed by atoms with Crippen molar-refractivity contribution in [1.29, 1.82) is 0 Å². The van der Waals surface area contributed by atoms with E-state index in [1.807, 2.05) is 58.1 Å². The van der Waals surface area contributed by atoms with Gasteiger partial charge in [0.05, 0.1) is 5.52 Å². The number of aromatic nitrogens is 2. The van der Waals surface area contributed by atoms with E-state index in [1.165, 1.54) is 73.6 Å². The van der Waals surface area contributed by atoms with E-state index in [4.69, 9.17) is 0 Å². The molecule has 0 unspecified atom stereocenters. The van der Waals surface area contributed by atoms with Crippen molar-refractivity contribution in [2.75, 3.05) is 0 Å². The van der Waals surface area contributed by atoms with E-state index >= 15 is 0 Å². The van der Waals surface area contributed by atoms with E-state index in [1.54, 1.807) is 6.08 Å². The smallest absolute Gasteiger partial charge is 0.0537 e. The molecule has 0 saturated carbocycles. The summed E-state index contributed by atoms with van der Waals surface area (Å²) in [4.78, 5) is 0. The summed E-state index contributed by atoms with van der Waals surface area (Å²) < 4.78 is 4.82. The van der Waals surface area contributed by atoms with E-state index < -0.39 is 0 Å². The minimum atomic E-state index is 1.02. The molecule has 0 saturated heterocycles. The Hall–Kier alpha value is -5.60. The molecule has 0 atom stereocenters. The van der Waals surface area contributed by atoms with Gasteiger partial charge in [-0.15, -0.1) is 0 Å². The molecule has 2 aromatic heterocycles. The molecule has 0 N–H and O–H groups in total. The molecule has 3 aromatic carbocycles. The van der Waals surface area contributed by atoms with Crippen LogP contribution in [0, 0.1) is 13.8 Å². The molecule has 6 rings (SSSR count). The van der Waals surface area contributed by atoms with Crippen molar-refractivity contribution in [3.8, 4) is 22.5 Å². The Morgan fingerprint density at radius 2 is 1.23 bits per heavy atom. The van der Waals surface area contributed by atoms with Crippen LogP contribution < -0.4 is 0 Å². The maximum absolute atomic E-state index is 3.74. The molecule has 5 aromatic rings. The number of allylic oxidation sites excluding steroid dienone is 11. The Morgan fingerprint density at radius 1 is 0.702 bits per heavy atom. The van der Waals surface area contributed by atoms with Crippen LogP contribution in [0.1, 0.15) is 115 Å². The maximum atomic E-state index is 3.74. The molecule has 1 aliphatic rings. The summed E-state index contributed by atoms with van der Waals surface area (Å²) in [5, 5.41) is 1.37. The second-order valence-corrected chi connectivity index (χ2v) is 13.7. The highest BCUT2D eigenvalue weighted by Gasteiger charge is 2.18. The van der Waals surface area contributed by atoms with Crippen LogP contribution in [0.2, 0.25) is 0 Å². The van der Waals surface area contributed by atoms with Gasteiger partial charge in [-0.25, -0.2) is 0 Å². The normalized spacial score (nSPS) is 12.5. The quantitative estimate of drug-likeness (QED) is 0.119. The monoisotopic (exact) mass is 757 g/mol. The third-order valence-corrected chi connectivity index (χ3v) is 9.78. The zero-order valence-electron chi connectivity index (χ0n) is 36.7. The second-order valence-electron chi connectivity index (χ2n) is 13.7. The van der Waals surface area contributed by atoms with Gasteiger partial charge in [0.1, 0.15) is 0 Å². The lowest BCUT2D eigenvalue weighted by atomic mass is 10.0. The standard InChI is InChI=1S/C38H38N2.C12H16.C3H8.C2H6/c1-5-7-15-35-27(3)28(4)36(16-8-6-2)39(35)31-23-19-29(20-24-31)30-21-25-32(26-22-30)40-37-17-11-9-13-33(37)34-14-10-12-18-38(34)40;1-5-9-12(10-6-2)11(7-3)8-4;1-3-2;1-2/h7-9,11-13,15-26H,5-6,10,14H2,1-4H3;5-10H,1,3H2,2,4H3;3H2,1-2H3;1-2H3/b15-7-,16-8-;10-6-,11-8+,12-9+;;. The topological polar surface area (TPSA) is 9.86 Å². The molecule has 1 aliphatic carbocycles. The molecular weight excluding hydrogens is 689 g/mol. The van der Waals surface area contributed by atoms with Crippen molar-refractivity contribution in [2.24, 2.45) is 0 Å². The highest BCUT2D eigenvalue weighted by molar-refractivity contribution is 5.90. The molecule has 2 nitrogen and oxygen atoms in total. The average Bonchev–Trinajstić information content (AvgIpc) is 3.71. The summed E-state index contributed by atoms with van der Waals surface area (Å²) >= 11 is 0. The lowest BCUT2D eigenvalue weighted by Crippen LogP contribution is -2.00. The van der Waals surface area contributed by atoms with Gasteiger partial charge in [0.15, 0.2) is 0 Å². The van der Waals surface area contributed by atoms with Crippen LogP contribution in [0.25, 0.3) is 51.6 Å². The predicted octanol–water partition coefficient (Wildman–Crippen LogP) is 16.8. The van der Waals surface area contributed by atoms with Gasteiger partial charge in [0.2, 0.25) is 0 Å². The summed E-state index contributed by atoms with van der Waals surface area (Å²) in [6.07, 6.45) is 30.8. The molecule has 0 fully saturated rings. The fraction of sp³-hybridized carbons (Fsp3) is 0.273. The molecule has 57 heavy (non-hydrogen) atoms. The zero-order chi connectivity index (χ0) is 41.7. The van der Waals surface area contributed by atoms with Crippen molar-refractivity contribution in [3.63, 3.8) is 0 Å². The first kappa shape index (κ1) is 45.8. The Bertz CT molecular complexity index is 2180. The average molecular weight is 757 g/mol. The molecule has 2 heterocycles. The summed E-state index contributed by atoms with van der Waals surface area (Å²) in [6.45, 7) is 28.5. The summed E-state index contributed by atoms with van der Waals surface area (Å²) in [5.74, 6) is 0. The maximum Gasteiger partial charge on any atom is 0.0537 e. The molecule has 2 heteroatoms. The first-order valence-corrected chi connectivity index (χ1v) is 21.1. The molecular formula is C55H68N2. The number of benzene rings is 3. The van der Waals surface area contributed by atoms with E-state index in [2.05, 4.69) is 173 Å². The Kier molecular flexibility index (Phi) is 19.4. The lowest BCUT2D eigenvalue weighted by molar-refractivity contribution is 0.967. The Morgan fingerprint density at radius 3 is 1.70 bits per heavy atom. The number of hydrogen-bond acceptors (Lipinski definition) is 0. The Labute approximate surface area is 346 Å². The molecule has 0 spiro atoms. The van der Waals surface area contributed by atoms with Crippen molar-refractivity contribution >= 4 is 29.1 Å². The third-order valence-electron chi connectivity index (χ3n) is 9.78. The van der Waals surface area contributed by atoms with Crippen LogP contribution in [0.3, 0.4) is 0 Å². The number of rotatable bonds is 11. The number of aryl methyl sites for hydroxylation is 1. The van der Waals surface area contributed by atoms with Crippen molar-refractivity contribution in [1.82, 2.24) is 9.13 Å². The number of hydrogen-bond donors (Lipinski definition) is 0. The summed E-state index contributed by atoms with van der Waals surface area (Å²) in [6, 6.07) is 26.9. The number of para-hydroxylation sites is 1. The van der Waals surface area contributed by atoms with Crippen molar-refractivity contribution in [3.05, 3.63) is 186 Å². The summed E-state index contributed by atoms with van der Waals surface area (Å²) in [5.41, 5.74) is 16.4. The van der Waals surface area contributed by atoms with Gasteiger partial charge >= 0.3 is 0 Å². The van der Waals surface area contributed by atoms with Crippen molar-refractivity contribution < 1.29 is 0 Å². The van der Waals surface area contributed by atoms with Crippen LogP contribution in [-0.2, 0) is 6.42 Å². The largest absolute Gasteiger partial charge is 0.310 e. The Balaban J connectivity index is 0.000000435. The van der Waals surface area contributed by atoms with Gasteiger partial charge in [-0.3, -0.25) is 0 Å². The van der Waals surface area contributed by atoms with E-state index in [9.17, 15) is 0 Å². The second kappa shape index (κ2) is 24.1. The van der Waals surface area contributed by atoms with Gasteiger partial charge < -0.3 is 9.13 Å². The summed E-state index contributed by atoms with van der Waals surface area (Å²) in [7, 11) is 0. The van der Waals surface area contributed by atoms with E-state index in [-0.39, 0.29) is 0 Å². The van der Waals surface area contributed by atoms with Crippen LogP contribution in [0.5, 0.6) is 0 Å². The van der Waals surface area contributed by atoms with Gasteiger partial charge in [0.25, 0.3) is 0 Å². The van der Waals surface area contributed by atoms with Crippen LogP contribution >= 0.6 is 0 Å². The highest BCUT2D eigenvalue weighted by Crippen LogP contribution is 2.35. The molecule has 0 bridgehead atoms. The number of fused-ring (bicyclic) bond motifs is 3. The molecule has 0 aliphatic heterocycles. The predicted molar refractivity (Wildman–Crippen MR) is 258 cm³/mol. The van der Waals surface area contributed by atoms with Crippen molar-refractivity contribution in [2.45, 2.75) is 101 Å². The van der Waals surface area contributed by atoms with Crippen LogP contribution in [0.15, 0.2) is 152 Å². The fourth-order valence-corrected chi connectivity index (χ4v) is 7.01. The first-order chi connectivity index (χ1) is 27.8. The van der Waals surface area contributed by atoms with Crippen LogP contribution in [0.4, 0.5) is 0 Å². The van der Waals surface area contributed by atoms with Gasteiger partial charge in [-0.1, -0.05) is 158 Å². The van der Waals surface area contributed by atoms with Gasteiger partial charge in [0, 0.05) is 33.8 Å². The molecule has 0 amide bonds. The highest BCUT2D eigenvalue weighted by atomic mass is 15.0. The van der Waals surface area contributed by atoms with Gasteiger partial charge in [-0.2, -0.15) is 0 Å². The fourth-order valence-electron chi connectivity index (χ4n) is 7.01. The number of nitrogens with zero attached hydrogens (tertiary/aromatic N) is 2. The molecule has 298 valence electrons. The van der Waals surface area contributed by atoms with Crippen LogP contribution in [-0.4, -0.2) is 9.13 Å². The van der Waals surface area contributed by atoms with E-state index in [0.29, 0.717) is 0 Å². The first-order valence-electron chi connectivity index (χ1n) is 21.1. The minimum absolute atomic E-state index is 1.02. The van der Waals surface area contributed by atoms with Gasteiger partial charge in [-0.05, 0) is 141 Å². The zero-order valence-corrected chi connectivity index (χ0v) is 36.7.